The molecule has 1 aromatic carbocycles. The largest absolute Gasteiger partial charge is 0.454 e. The Morgan fingerprint density at radius 3 is 2.21 bits per heavy atom. The van der Waals surface area contributed by atoms with E-state index < -0.39 is 18.0 Å². The van der Waals surface area contributed by atoms with Crippen molar-refractivity contribution < 1.29 is 19.1 Å². The first-order valence-electron chi connectivity index (χ1n) is 10.5. The molecular formula is C22H29N3O4. The van der Waals surface area contributed by atoms with Crippen LogP contribution in [0.3, 0.4) is 0 Å². The third-order valence-corrected chi connectivity index (χ3v) is 6.52. The molecule has 29 heavy (non-hydrogen) atoms. The minimum Gasteiger partial charge on any atom is -0.454 e. The maximum Gasteiger partial charge on any atom is 0.328 e. The van der Waals surface area contributed by atoms with E-state index >= 15 is 0 Å². The van der Waals surface area contributed by atoms with Gasteiger partial charge in [-0.25, -0.2) is 9.59 Å². The molecule has 0 heterocycles. The number of hydrogen-bond acceptors (Lipinski definition) is 4. The van der Waals surface area contributed by atoms with Crippen LogP contribution >= 0.6 is 0 Å². The highest BCUT2D eigenvalue weighted by Gasteiger charge is 2.51. The molecule has 5 rings (SSSR count). The maximum absolute atomic E-state index is 12.4. The first-order valence-corrected chi connectivity index (χ1v) is 10.5. The lowest BCUT2D eigenvalue weighted by atomic mass is 9.53. The molecular weight excluding hydrogens is 370 g/mol. The zero-order valence-corrected chi connectivity index (χ0v) is 16.8. The zero-order chi connectivity index (χ0) is 20.4. The van der Waals surface area contributed by atoms with Crippen LogP contribution in [0.4, 0.5) is 10.5 Å². The van der Waals surface area contributed by atoms with E-state index in [4.69, 9.17) is 4.74 Å². The molecule has 1 atom stereocenters. The van der Waals surface area contributed by atoms with Crippen molar-refractivity contribution in [1.29, 1.82) is 0 Å². The van der Waals surface area contributed by atoms with Crippen LogP contribution in [0.25, 0.3) is 0 Å². The first kappa shape index (κ1) is 19.7. The van der Waals surface area contributed by atoms with Crippen LogP contribution in [0.5, 0.6) is 0 Å². The number of carbonyl (C=O) groups is 3. The van der Waals surface area contributed by atoms with Gasteiger partial charge in [-0.05, 0) is 75.3 Å². The van der Waals surface area contributed by atoms with E-state index in [1.54, 1.807) is 24.3 Å². The standard InChI is InChI=1S/C22H29N3O4/c1-14(23-21(28)24-18-5-3-2-4-6-18)20(27)29-13-19(26)25-22-10-15-7-16(11-22)9-17(8-15)12-22/h2-6,14-17H,7-13H2,1H3,(H,25,26)(H2,23,24,28)/t14-,15?,16?,17?,22?/m0/s1. The van der Waals surface area contributed by atoms with Crippen molar-refractivity contribution in [2.24, 2.45) is 17.8 Å². The second kappa shape index (κ2) is 8.05. The molecule has 0 unspecified atom stereocenters. The molecule has 0 aromatic heterocycles. The van der Waals surface area contributed by atoms with Crippen molar-refractivity contribution in [3.8, 4) is 0 Å². The molecule has 7 nitrogen and oxygen atoms in total. The summed E-state index contributed by atoms with van der Waals surface area (Å²) in [6, 6.07) is 7.59. The third kappa shape index (κ3) is 4.71. The van der Waals surface area contributed by atoms with Gasteiger partial charge in [-0.3, -0.25) is 4.79 Å². The van der Waals surface area contributed by atoms with Gasteiger partial charge in [-0.1, -0.05) is 18.2 Å². The molecule has 4 bridgehead atoms. The van der Waals surface area contributed by atoms with Crippen LogP contribution in [-0.4, -0.2) is 36.1 Å². The molecule has 4 fully saturated rings. The molecule has 0 saturated heterocycles. The highest BCUT2D eigenvalue weighted by molar-refractivity contribution is 5.92. The number of anilines is 1. The summed E-state index contributed by atoms with van der Waals surface area (Å²) < 4.78 is 5.14. The Morgan fingerprint density at radius 1 is 1.03 bits per heavy atom. The smallest absolute Gasteiger partial charge is 0.328 e. The van der Waals surface area contributed by atoms with Gasteiger partial charge in [-0.15, -0.1) is 0 Å². The van der Waals surface area contributed by atoms with Crippen LogP contribution in [0.2, 0.25) is 0 Å². The van der Waals surface area contributed by atoms with E-state index in [0.29, 0.717) is 5.69 Å². The average molecular weight is 399 g/mol. The summed E-state index contributed by atoms with van der Waals surface area (Å²) >= 11 is 0. The van der Waals surface area contributed by atoms with Gasteiger partial charge in [0, 0.05) is 11.2 Å². The Hall–Kier alpha value is -2.57. The predicted molar refractivity (Wildman–Crippen MR) is 108 cm³/mol. The SMILES string of the molecule is C[C@H](NC(=O)Nc1ccccc1)C(=O)OCC(=O)NC12CC3CC(CC(C3)C1)C2. The van der Waals surface area contributed by atoms with Gasteiger partial charge in [0.05, 0.1) is 0 Å². The summed E-state index contributed by atoms with van der Waals surface area (Å²) in [4.78, 5) is 36.6. The third-order valence-electron chi connectivity index (χ3n) is 6.52. The van der Waals surface area contributed by atoms with Crippen LogP contribution in [0.15, 0.2) is 30.3 Å². The summed E-state index contributed by atoms with van der Waals surface area (Å²) in [6.45, 7) is 1.22. The van der Waals surface area contributed by atoms with E-state index in [9.17, 15) is 14.4 Å². The van der Waals surface area contributed by atoms with Crippen LogP contribution < -0.4 is 16.0 Å². The summed E-state index contributed by atoms with van der Waals surface area (Å²) in [5.41, 5.74) is 0.526. The monoisotopic (exact) mass is 399 g/mol. The van der Waals surface area contributed by atoms with Gasteiger partial charge < -0.3 is 20.7 Å². The van der Waals surface area contributed by atoms with Crippen LogP contribution in [0, 0.1) is 17.8 Å². The van der Waals surface area contributed by atoms with E-state index in [1.807, 2.05) is 6.07 Å². The lowest BCUT2D eigenvalue weighted by Crippen LogP contribution is -2.60. The average Bonchev–Trinajstić information content (AvgIpc) is 2.65. The molecule has 4 saturated carbocycles. The molecule has 0 radical (unpaired) electrons. The summed E-state index contributed by atoms with van der Waals surface area (Å²) in [5, 5.41) is 8.34. The second-order valence-electron chi connectivity index (χ2n) is 9.04. The van der Waals surface area contributed by atoms with Crippen molar-refractivity contribution >= 4 is 23.6 Å². The van der Waals surface area contributed by atoms with E-state index in [-0.39, 0.29) is 18.1 Å². The molecule has 3 N–H and O–H groups in total. The normalized spacial score (nSPS) is 30.3. The fourth-order valence-corrected chi connectivity index (χ4v) is 5.80. The van der Waals surface area contributed by atoms with E-state index in [1.165, 1.54) is 26.2 Å². The van der Waals surface area contributed by atoms with Crippen molar-refractivity contribution in [3.05, 3.63) is 30.3 Å². The van der Waals surface area contributed by atoms with Crippen LogP contribution in [-0.2, 0) is 14.3 Å². The fraction of sp³-hybridized carbons (Fsp3) is 0.591. The molecule has 4 aliphatic carbocycles. The number of urea groups is 1. The fourth-order valence-electron chi connectivity index (χ4n) is 5.80. The quantitative estimate of drug-likeness (QED) is 0.641. The van der Waals surface area contributed by atoms with Crippen molar-refractivity contribution in [1.82, 2.24) is 10.6 Å². The minimum atomic E-state index is -0.855. The van der Waals surface area contributed by atoms with E-state index in [2.05, 4.69) is 16.0 Å². The van der Waals surface area contributed by atoms with Gasteiger partial charge in [-0.2, -0.15) is 0 Å². The molecule has 156 valence electrons. The molecule has 7 heteroatoms. The van der Waals surface area contributed by atoms with Gasteiger partial charge >= 0.3 is 12.0 Å². The number of ether oxygens (including phenoxy) is 1. The molecule has 4 aliphatic rings. The highest BCUT2D eigenvalue weighted by atomic mass is 16.5. The second-order valence-corrected chi connectivity index (χ2v) is 9.04. The number of carbonyl (C=O) groups excluding carboxylic acids is 3. The van der Waals surface area contributed by atoms with Gasteiger partial charge in [0.15, 0.2) is 6.61 Å². The van der Waals surface area contributed by atoms with Crippen LogP contribution in [0.1, 0.15) is 45.4 Å². The first-order chi connectivity index (χ1) is 13.9. The highest BCUT2D eigenvalue weighted by Crippen LogP contribution is 2.55. The number of rotatable bonds is 6. The maximum atomic E-state index is 12.4. The predicted octanol–water partition coefficient (Wildman–Crippen LogP) is 2.82. The minimum absolute atomic E-state index is 0.0995. The number of benzene rings is 1. The Bertz CT molecular complexity index is 744. The number of para-hydroxylation sites is 1. The number of hydrogen-bond donors (Lipinski definition) is 3. The lowest BCUT2D eigenvalue weighted by Gasteiger charge is -2.56. The molecule has 0 spiro atoms. The van der Waals surface area contributed by atoms with E-state index in [0.717, 1.165) is 37.0 Å². The van der Waals surface area contributed by atoms with Gasteiger partial charge in [0.2, 0.25) is 0 Å². The number of nitrogens with one attached hydrogen (secondary N) is 3. The van der Waals surface area contributed by atoms with Gasteiger partial charge in [0.25, 0.3) is 5.91 Å². The Morgan fingerprint density at radius 2 is 1.62 bits per heavy atom. The topological polar surface area (TPSA) is 96.5 Å². The van der Waals surface area contributed by atoms with Crippen molar-refractivity contribution in [3.63, 3.8) is 0 Å². The van der Waals surface area contributed by atoms with Crippen molar-refractivity contribution in [2.45, 2.75) is 57.0 Å². The zero-order valence-electron chi connectivity index (χ0n) is 16.8. The molecule has 3 amide bonds. The Balaban J connectivity index is 1.21. The number of esters is 1. The molecule has 1 aromatic rings. The summed E-state index contributed by atoms with van der Waals surface area (Å²) in [6.07, 6.45) is 7.07. The Labute approximate surface area is 171 Å². The summed E-state index contributed by atoms with van der Waals surface area (Å²) in [5.74, 6) is 1.32. The van der Waals surface area contributed by atoms with Gasteiger partial charge in [0.1, 0.15) is 6.04 Å². The lowest BCUT2D eigenvalue weighted by molar-refractivity contribution is -0.151. The summed E-state index contributed by atoms with van der Waals surface area (Å²) in [7, 11) is 0. The van der Waals surface area contributed by atoms with Crippen molar-refractivity contribution in [2.75, 3.05) is 11.9 Å². The molecule has 0 aliphatic heterocycles. The Kier molecular flexibility index (Phi) is 5.48. The number of amides is 3.